The first-order valence-electron chi connectivity index (χ1n) is 10.7. The summed E-state index contributed by atoms with van der Waals surface area (Å²) in [5.74, 6) is 1.74. The van der Waals surface area contributed by atoms with Gasteiger partial charge in [-0.15, -0.1) is 16.8 Å². The van der Waals surface area contributed by atoms with Gasteiger partial charge in [-0.3, -0.25) is 4.79 Å². The van der Waals surface area contributed by atoms with Gasteiger partial charge in [0.1, 0.15) is 11.6 Å². The van der Waals surface area contributed by atoms with E-state index in [2.05, 4.69) is 27.1 Å². The first-order chi connectivity index (χ1) is 16.5. The van der Waals surface area contributed by atoms with E-state index in [0.717, 1.165) is 33.8 Å². The molecule has 4 aromatic rings. The highest BCUT2D eigenvalue weighted by Gasteiger charge is 2.15. The smallest absolute Gasteiger partial charge is 0.236 e. The van der Waals surface area contributed by atoms with Crippen LogP contribution in [0.3, 0.4) is 0 Å². The minimum atomic E-state index is -0.134. The van der Waals surface area contributed by atoms with E-state index in [1.165, 1.54) is 23.1 Å². The van der Waals surface area contributed by atoms with E-state index in [4.69, 9.17) is 16.3 Å². The third kappa shape index (κ3) is 6.16. The number of hydrogen-bond donors (Lipinski definition) is 1. The van der Waals surface area contributed by atoms with Crippen molar-refractivity contribution in [1.29, 1.82) is 0 Å². The molecule has 0 aliphatic heterocycles. The van der Waals surface area contributed by atoms with Crippen molar-refractivity contribution in [2.75, 3.05) is 17.7 Å². The number of para-hydroxylation sites is 1. The van der Waals surface area contributed by atoms with Crippen LogP contribution in [0.2, 0.25) is 5.02 Å². The number of aromatic nitrogens is 4. The molecule has 7 nitrogen and oxygen atoms in total. The zero-order valence-electron chi connectivity index (χ0n) is 18.7. The van der Waals surface area contributed by atoms with Crippen LogP contribution in [0.1, 0.15) is 17.8 Å². The number of anilines is 1. The van der Waals surface area contributed by atoms with E-state index in [-0.39, 0.29) is 11.7 Å². The number of thioether (sulfide) groups is 1. The van der Waals surface area contributed by atoms with Crippen LogP contribution in [0.25, 0.3) is 10.2 Å². The Bertz CT molecular complexity index is 1270. The molecule has 0 spiro atoms. The maximum Gasteiger partial charge on any atom is 0.236 e. The number of allylic oxidation sites excluding steroid dienone is 1. The number of carbonyl (C=O) groups is 1. The maximum absolute atomic E-state index is 12.5. The molecule has 0 radical (unpaired) electrons. The highest BCUT2D eigenvalue weighted by molar-refractivity contribution is 7.99. The molecule has 0 aliphatic rings. The second kappa shape index (κ2) is 11.5. The van der Waals surface area contributed by atoms with Crippen LogP contribution in [-0.2, 0) is 17.8 Å². The largest absolute Gasteiger partial charge is 0.493 e. The number of benzene rings is 2. The molecule has 176 valence electrons. The zero-order valence-corrected chi connectivity index (χ0v) is 21.1. The summed E-state index contributed by atoms with van der Waals surface area (Å²) < 4.78 is 8.90. The summed E-state index contributed by atoms with van der Waals surface area (Å²) in [6.07, 6.45) is 3.28. The molecule has 0 atom stereocenters. The number of nitrogens with zero attached hydrogens (tertiary/aromatic N) is 4. The minimum absolute atomic E-state index is 0.134. The molecule has 1 amide bonds. The first kappa shape index (κ1) is 24.3. The zero-order chi connectivity index (χ0) is 23.9. The Balaban J connectivity index is 1.30. The molecule has 0 unspecified atom stereocenters. The van der Waals surface area contributed by atoms with Crippen molar-refractivity contribution < 1.29 is 9.53 Å². The van der Waals surface area contributed by atoms with Crippen molar-refractivity contribution in [3.05, 3.63) is 71.5 Å². The van der Waals surface area contributed by atoms with Crippen LogP contribution < -0.4 is 10.1 Å². The van der Waals surface area contributed by atoms with Gasteiger partial charge < -0.3 is 14.6 Å². The topological polar surface area (TPSA) is 81.9 Å². The van der Waals surface area contributed by atoms with Crippen LogP contribution in [0.4, 0.5) is 5.13 Å². The Hall–Kier alpha value is -2.88. The molecule has 0 fully saturated rings. The van der Waals surface area contributed by atoms with E-state index in [1.807, 2.05) is 54.0 Å². The lowest BCUT2D eigenvalue weighted by molar-refractivity contribution is -0.113. The number of aryl methyl sites for hydroxylation is 2. The second-order valence-corrected chi connectivity index (χ2v) is 9.89. The van der Waals surface area contributed by atoms with Gasteiger partial charge in [0.05, 0.1) is 22.6 Å². The molecule has 10 heteroatoms. The Morgan fingerprint density at radius 3 is 2.94 bits per heavy atom. The summed E-state index contributed by atoms with van der Waals surface area (Å²) in [6.45, 7) is 6.93. The SMILES string of the molecule is C=CCn1c(CCCOc2ccc(Cl)cc2C)nnc1SCC(=O)Nc1nc2ccccc2s1. The lowest BCUT2D eigenvalue weighted by Crippen LogP contribution is -2.14. The number of nitrogens with one attached hydrogen (secondary N) is 1. The summed E-state index contributed by atoms with van der Waals surface area (Å²) in [5, 5.41) is 13.5. The number of carbonyl (C=O) groups excluding carboxylic acids is 1. The molecule has 0 saturated heterocycles. The Labute approximate surface area is 211 Å². The Morgan fingerprint density at radius 2 is 2.15 bits per heavy atom. The van der Waals surface area contributed by atoms with Gasteiger partial charge >= 0.3 is 0 Å². The van der Waals surface area contributed by atoms with Crippen LogP contribution in [0.15, 0.2) is 60.3 Å². The summed E-state index contributed by atoms with van der Waals surface area (Å²) in [7, 11) is 0. The predicted octanol–water partition coefficient (Wildman–Crippen LogP) is 5.78. The maximum atomic E-state index is 12.5. The van der Waals surface area contributed by atoms with Crippen LogP contribution in [0, 0.1) is 6.92 Å². The molecule has 4 rings (SSSR count). The molecule has 2 heterocycles. The predicted molar refractivity (Wildman–Crippen MR) is 139 cm³/mol. The first-order valence-corrected chi connectivity index (χ1v) is 12.9. The third-order valence-electron chi connectivity index (χ3n) is 4.92. The van der Waals surface area contributed by atoms with Crippen molar-refractivity contribution in [2.45, 2.75) is 31.5 Å². The van der Waals surface area contributed by atoms with Crippen molar-refractivity contribution >= 4 is 56.0 Å². The molecule has 1 N–H and O–H groups in total. The third-order valence-corrected chi connectivity index (χ3v) is 7.07. The van der Waals surface area contributed by atoms with E-state index in [1.54, 1.807) is 6.08 Å². The van der Waals surface area contributed by atoms with Gasteiger partial charge in [0.25, 0.3) is 0 Å². The number of ether oxygens (including phenoxy) is 1. The molecule has 0 bridgehead atoms. The number of fused-ring (bicyclic) bond motifs is 1. The van der Waals surface area contributed by atoms with E-state index in [9.17, 15) is 4.79 Å². The standard InChI is InChI=1S/C24H24ClN5O2S2/c1-3-12-30-21(9-6-13-32-19-11-10-17(25)14-16(19)2)28-29-24(30)33-15-22(31)27-23-26-18-7-4-5-8-20(18)34-23/h3-5,7-8,10-11,14H,1,6,9,12-13,15H2,2H3,(H,26,27,31). The molecular weight excluding hydrogens is 490 g/mol. The van der Waals surface area contributed by atoms with Gasteiger partial charge in [-0.2, -0.15) is 0 Å². The Kier molecular flexibility index (Phi) is 8.21. The summed E-state index contributed by atoms with van der Waals surface area (Å²) >= 11 is 8.80. The van der Waals surface area contributed by atoms with Crippen LogP contribution >= 0.6 is 34.7 Å². The van der Waals surface area contributed by atoms with Gasteiger partial charge in [0.2, 0.25) is 5.91 Å². The van der Waals surface area contributed by atoms with Gasteiger partial charge in [-0.1, -0.05) is 52.9 Å². The van der Waals surface area contributed by atoms with Crippen molar-refractivity contribution in [2.24, 2.45) is 0 Å². The quantitative estimate of drug-likeness (QED) is 0.155. The summed E-state index contributed by atoms with van der Waals surface area (Å²) in [4.78, 5) is 16.9. The number of thiazole rings is 1. The Morgan fingerprint density at radius 1 is 1.29 bits per heavy atom. The van der Waals surface area contributed by atoms with E-state index in [0.29, 0.717) is 34.9 Å². The van der Waals surface area contributed by atoms with Gasteiger partial charge in [-0.25, -0.2) is 4.98 Å². The van der Waals surface area contributed by atoms with Gasteiger partial charge in [0.15, 0.2) is 10.3 Å². The van der Waals surface area contributed by atoms with Crippen molar-refractivity contribution in [3.8, 4) is 5.75 Å². The molecular formula is C24H24ClN5O2S2. The molecule has 2 aromatic heterocycles. The monoisotopic (exact) mass is 513 g/mol. The number of halogens is 1. The normalized spacial score (nSPS) is 11.0. The average molecular weight is 514 g/mol. The minimum Gasteiger partial charge on any atom is -0.493 e. The fourth-order valence-corrected chi connectivity index (χ4v) is 5.20. The number of hydrogen-bond acceptors (Lipinski definition) is 7. The van der Waals surface area contributed by atoms with E-state index < -0.39 is 0 Å². The molecule has 2 aromatic carbocycles. The van der Waals surface area contributed by atoms with Crippen molar-refractivity contribution in [1.82, 2.24) is 19.7 Å². The molecule has 0 aliphatic carbocycles. The van der Waals surface area contributed by atoms with E-state index >= 15 is 0 Å². The van der Waals surface area contributed by atoms with Crippen LogP contribution in [-0.4, -0.2) is 38.0 Å². The lowest BCUT2D eigenvalue weighted by Gasteiger charge is -2.10. The average Bonchev–Trinajstić information content (AvgIpc) is 3.40. The summed E-state index contributed by atoms with van der Waals surface area (Å²) in [6, 6.07) is 13.4. The van der Waals surface area contributed by atoms with Gasteiger partial charge in [-0.05, 0) is 49.2 Å². The number of amides is 1. The highest BCUT2D eigenvalue weighted by Crippen LogP contribution is 2.26. The summed E-state index contributed by atoms with van der Waals surface area (Å²) in [5.41, 5.74) is 1.88. The highest BCUT2D eigenvalue weighted by atomic mass is 35.5. The van der Waals surface area contributed by atoms with Crippen LogP contribution in [0.5, 0.6) is 5.75 Å². The van der Waals surface area contributed by atoms with Gasteiger partial charge in [0, 0.05) is 18.0 Å². The lowest BCUT2D eigenvalue weighted by atomic mass is 10.2. The molecule has 34 heavy (non-hydrogen) atoms. The second-order valence-electron chi connectivity index (χ2n) is 7.48. The fraction of sp³-hybridized carbons (Fsp3) is 0.250. The van der Waals surface area contributed by atoms with Crippen molar-refractivity contribution in [3.63, 3.8) is 0 Å². The molecule has 0 saturated carbocycles. The number of rotatable bonds is 11. The fourth-order valence-electron chi connectivity index (χ4n) is 3.32.